The number of carbonyl (C=O) groups is 2. The molecule has 280 valence electrons. The van der Waals surface area contributed by atoms with Gasteiger partial charge in [0, 0.05) is 24.1 Å². The van der Waals surface area contributed by atoms with Gasteiger partial charge in [-0.3, -0.25) is 9.52 Å². The molecule has 1 N–H and O–H groups in total. The molecule has 0 radical (unpaired) electrons. The van der Waals surface area contributed by atoms with Crippen LogP contribution in [0.2, 0.25) is 10.0 Å². The number of likely N-dealkylation sites (tertiary alicyclic amines) is 1. The molecule has 3 aliphatic rings. The summed E-state index contributed by atoms with van der Waals surface area (Å²) < 4.78 is 75.8. The fraction of sp³-hybridized carbons (Fsp3) is 0.457. The monoisotopic (exact) mass is 783 g/mol. The second kappa shape index (κ2) is 15.9. The number of aromatic nitrogens is 1. The van der Waals surface area contributed by atoms with E-state index < -0.39 is 40.7 Å². The fourth-order valence-corrected chi connectivity index (χ4v) is 7.02. The zero-order valence-electron chi connectivity index (χ0n) is 28.1. The minimum absolute atomic E-state index is 0.0117. The van der Waals surface area contributed by atoms with Crippen molar-refractivity contribution in [3.05, 3.63) is 80.7 Å². The number of amides is 1. The zero-order valence-corrected chi connectivity index (χ0v) is 30.4. The van der Waals surface area contributed by atoms with Crippen molar-refractivity contribution >= 4 is 50.8 Å². The van der Waals surface area contributed by atoms with Crippen molar-refractivity contribution in [2.24, 2.45) is 11.8 Å². The molecule has 0 unspecified atom stereocenters. The summed E-state index contributed by atoms with van der Waals surface area (Å²) in [5, 5.41) is 12.0. The zero-order chi connectivity index (χ0) is 37.2. The summed E-state index contributed by atoms with van der Waals surface area (Å²) in [7, 11) is -3.64. The lowest BCUT2D eigenvalue weighted by atomic mass is 10.0. The first kappa shape index (κ1) is 37.7. The Morgan fingerprint density at radius 2 is 1.62 bits per heavy atom. The Labute approximate surface area is 309 Å². The molecule has 12 nitrogen and oxygen atoms in total. The van der Waals surface area contributed by atoms with Crippen molar-refractivity contribution in [2.75, 3.05) is 30.7 Å². The first-order chi connectivity index (χ1) is 24.7. The second-order valence-corrected chi connectivity index (χ2v) is 15.8. The molecule has 6 rings (SSSR count). The molecule has 0 spiro atoms. The number of hydrogen-bond donors (Lipinski definition) is 1. The average molecular weight is 785 g/mol. The number of pyridine rings is 1. The number of benzene rings is 2. The van der Waals surface area contributed by atoms with Gasteiger partial charge in [-0.1, -0.05) is 29.3 Å². The Morgan fingerprint density at radius 1 is 0.962 bits per heavy atom. The molecule has 3 aromatic rings. The van der Waals surface area contributed by atoms with Crippen LogP contribution in [0.15, 0.2) is 48.8 Å². The molecule has 2 heterocycles. The van der Waals surface area contributed by atoms with Crippen molar-refractivity contribution in [3.63, 3.8) is 0 Å². The molecule has 1 aliphatic heterocycles. The first-order valence-electron chi connectivity index (χ1n) is 16.8. The maximum Gasteiger partial charge on any atom is 0.387 e. The molecule has 1 amide bonds. The number of alkyl halides is 2. The summed E-state index contributed by atoms with van der Waals surface area (Å²) in [6, 6.07) is 7.54. The van der Waals surface area contributed by atoms with E-state index >= 15 is 0 Å². The Morgan fingerprint density at radius 3 is 2.23 bits per heavy atom. The largest absolute Gasteiger partial charge is 0.619 e. The molecular formula is C35H37Cl2F2N3O9S. The van der Waals surface area contributed by atoms with E-state index in [9.17, 15) is 32.0 Å². The topological polar surface area (TPSA) is 147 Å². The SMILES string of the molecule is CS(=O)(=O)Nc1ccc(C(=O)N2CCC[C@H]2C(=O)O[C@@H](Cc2c(Cl)c[n+]([O-])cc2Cl)c2ccc(OC(F)F)c(OCC3CC3)c2)cc1OCC1CC1. The van der Waals surface area contributed by atoms with Gasteiger partial charge in [0.25, 0.3) is 5.91 Å². The van der Waals surface area contributed by atoms with Crippen LogP contribution in [0.4, 0.5) is 14.5 Å². The van der Waals surface area contributed by atoms with Crippen LogP contribution in [0.5, 0.6) is 17.2 Å². The predicted molar refractivity (Wildman–Crippen MR) is 186 cm³/mol. The van der Waals surface area contributed by atoms with Gasteiger partial charge in [0.2, 0.25) is 10.0 Å². The summed E-state index contributed by atoms with van der Waals surface area (Å²) in [6.07, 6.45) is 6.65. The van der Waals surface area contributed by atoms with Gasteiger partial charge in [0.1, 0.15) is 27.9 Å². The number of sulfonamides is 1. The molecular weight excluding hydrogens is 747 g/mol. The van der Waals surface area contributed by atoms with Gasteiger partial charge in [0.05, 0.1) is 25.2 Å². The third kappa shape index (κ3) is 9.86. The van der Waals surface area contributed by atoms with Crippen LogP contribution in [0.25, 0.3) is 0 Å². The molecule has 17 heteroatoms. The highest BCUT2D eigenvalue weighted by molar-refractivity contribution is 7.92. The van der Waals surface area contributed by atoms with E-state index in [1.54, 1.807) is 0 Å². The van der Waals surface area contributed by atoms with E-state index in [1.165, 1.54) is 41.3 Å². The maximum absolute atomic E-state index is 14.0. The number of anilines is 1. The Balaban J connectivity index is 1.27. The highest BCUT2D eigenvalue weighted by Crippen LogP contribution is 2.39. The molecule has 2 saturated carbocycles. The van der Waals surface area contributed by atoms with Crippen LogP contribution in [0, 0.1) is 17.0 Å². The molecule has 0 bridgehead atoms. The molecule has 2 atom stereocenters. The standard InChI is InChI=1S/C35H37Cl2F2N3O9S/c1-52(46,47)40-27-10-8-23(14-31(27)48-18-20-4-5-20)33(43)42-12-2-3-28(42)34(44)50-30(15-24-25(36)16-41(45)17-26(24)37)22-9-11-29(51-35(38)39)32(13-22)49-19-21-6-7-21/h8-11,13-14,16-17,20-21,28,30,35,40H,2-7,12,15,18-19H2,1H3/t28-,30-/m0/s1. The van der Waals surface area contributed by atoms with Crippen molar-refractivity contribution < 1.29 is 50.5 Å². The number of nitrogens with zero attached hydrogens (tertiary/aromatic N) is 2. The van der Waals surface area contributed by atoms with E-state index in [4.69, 9.17) is 37.4 Å². The van der Waals surface area contributed by atoms with Crippen molar-refractivity contribution in [3.8, 4) is 17.2 Å². The minimum Gasteiger partial charge on any atom is -0.619 e. The van der Waals surface area contributed by atoms with E-state index in [-0.39, 0.29) is 70.5 Å². The highest BCUT2D eigenvalue weighted by Gasteiger charge is 2.38. The lowest BCUT2D eigenvalue weighted by Gasteiger charge is -2.27. The highest BCUT2D eigenvalue weighted by atomic mass is 35.5. The minimum atomic E-state index is -3.64. The number of rotatable bonds is 16. The second-order valence-electron chi connectivity index (χ2n) is 13.3. The van der Waals surface area contributed by atoms with E-state index in [0.29, 0.717) is 34.8 Å². The number of halogens is 4. The molecule has 3 fully saturated rings. The number of carbonyl (C=O) groups excluding carboxylic acids is 2. The molecule has 1 saturated heterocycles. The average Bonchev–Trinajstić information content (AvgIpc) is 4.02. The Hall–Kier alpha value is -4.08. The quantitative estimate of drug-likeness (QED) is 0.100. The van der Waals surface area contributed by atoms with Crippen LogP contribution >= 0.6 is 23.2 Å². The predicted octanol–water partition coefficient (Wildman–Crippen LogP) is 6.31. The van der Waals surface area contributed by atoms with Crippen molar-refractivity contribution in [2.45, 2.75) is 63.7 Å². The summed E-state index contributed by atoms with van der Waals surface area (Å²) in [5.41, 5.74) is 1.00. The smallest absolute Gasteiger partial charge is 0.387 e. The van der Waals surface area contributed by atoms with Gasteiger partial charge < -0.3 is 29.1 Å². The summed E-state index contributed by atoms with van der Waals surface area (Å²) in [6.45, 7) is -2.22. The van der Waals surface area contributed by atoms with E-state index in [2.05, 4.69) is 9.46 Å². The Kier molecular flexibility index (Phi) is 11.5. The first-order valence-corrected chi connectivity index (χ1v) is 19.4. The molecule has 2 aliphatic carbocycles. The summed E-state index contributed by atoms with van der Waals surface area (Å²) in [5.74, 6) is -0.568. The number of nitrogens with one attached hydrogen (secondary N) is 1. The number of hydrogen-bond acceptors (Lipinski definition) is 9. The number of esters is 1. The normalized spacial score (nSPS) is 17.9. The van der Waals surface area contributed by atoms with Gasteiger partial charge >= 0.3 is 12.6 Å². The van der Waals surface area contributed by atoms with E-state index in [0.717, 1.165) is 44.3 Å². The lowest BCUT2D eigenvalue weighted by molar-refractivity contribution is -0.605. The molecule has 2 aromatic carbocycles. The van der Waals surface area contributed by atoms with Gasteiger partial charge in [-0.25, -0.2) is 13.2 Å². The maximum atomic E-state index is 14.0. The third-order valence-corrected chi connectivity index (χ3v) is 10.2. The van der Waals surface area contributed by atoms with Gasteiger partial charge in [-0.2, -0.15) is 13.5 Å². The lowest BCUT2D eigenvalue weighted by Crippen LogP contribution is -2.42. The van der Waals surface area contributed by atoms with Crippen LogP contribution in [-0.4, -0.2) is 63.9 Å². The number of ether oxygens (including phenoxy) is 4. The van der Waals surface area contributed by atoms with E-state index in [1.807, 2.05) is 0 Å². The van der Waals surface area contributed by atoms with Gasteiger partial charge in [0.15, 0.2) is 23.9 Å². The van der Waals surface area contributed by atoms with Crippen molar-refractivity contribution in [1.29, 1.82) is 0 Å². The van der Waals surface area contributed by atoms with Crippen LogP contribution in [-0.2, 0) is 26.0 Å². The van der Waals surface area contributed by atoms with Crippen molar-refractivity contribution in [1.82, 2.24) is 4.90 Å². The summed E-state index contributed by atoms with van der Waals surface area (Å²) in [4.78, 5) is 29.3. The third-order valence-electron chi connectivity index (χ3n) is 8.91. The molecule has 1 aromatic heterocycles. The van der Waals surface area contributed by atoms with Gasteiger partial charge in [-0.15, -0.1) is 0 Å². The Bertz CT molecular complexity index is 1910. The van der Waals surface area contributed by atoms with Crippen LogP contribution < -0.4 is 23.7 Å². The fourth-order valence-electron chi connectivity index (χ4n) is 5.85. The molecule has 52 heavy (non-hydrogen) atoms. The van der Waals surface area contributed by atoms with Gasteiger partial charge in [-0.05, 0) is 86.3 Å². The summed E-state index contributed by atoms with van der Waals surface area (Å²) >= 11 is 12.8. The van der Waals surface area contributed by atoms with Crippen LogP contribution in [0.1, 0.15) is 66.1 Å². The van der Waals surface area contributed by atoms with Crippen LogP contribution in [0.3, 0.4) is 0 Å².